The molecule has 11 heavy (non-hydrogen) atoms. The molecule has 1 nitrogen and oxygen atoms in total. The van der Waals surface area contributed by atoms with E-state index in [-0.39, 0.29) is 0 Å². The van der Waals surface area contributed by atoms with Gasteiger partial charge >= 0.3 is 0 Å². The van der Waals surface area contributed by atoms with Crippen molar-refractivity contribution in [3.05, 3.63) is 35.9 Å². The van der Waals surface area contributed by atoms with Crippen molar-refractivity contribution in [1.29, 1.82) is 0 Å². The molecule has 1 saturated carbocycles. The van der Waals surface area contributed by atoms with E-state index in [0.29, 0.717) is 11.8 Å². The van der Waals surface area contributed by atoms with E-state index in [4.69, 9.17) is 0 Å². The highest BCUT2D eigenvalue weighted by molar-refractivity contribution is 5.61. The summed E-state index contributed by atoms with van der Waals surface area (Å²) in [5, 5.41) is 0. The largest absolute Gasteiger partial charge is 0.303 e. The number of hydrogen-bond donors (Lipinski definition) is 0. The van der Waals surface area contributed by atoms with E-state index in [2.05, 4.69) is 12.1 Å². The second-order valence-electron chi connectivity index (χ2n) is 3.05. The lowest BCUT2D eigenvalue weighted by Crippen LogP contribution is -1.82. The van der Waals surface area contributed by atoms with Crippen LogP contribution in [-0.4, -0.2) is 6.29 Å². The van der Waals surface area contributed by atoms with Gasteiger partial charge in [-0.2, -0.15) is 0 Å². The molecule has 0 spiro atoms. The minimum absolute atomic E-state index is 0.303. The lowest BCUT2D eigenvalue weighted by atomic mass is 10.1. The summed E-state index contributed by atoms with van der Waals surface area (Å²) in [6, 6.07) is 10.2. The molecule has 0 bridgehead atoms. The lowest BCUT2D eigenvalue weighted by Gasteiger charge is -1.94. The molecule has 0 amide bonds. The Bertz CT molecular complexity index is 253. The monoisotopic (exact) mass is 146 g/mol. The molecule has 0 N–H and O–H groups in total. The normalized spacial score (nSPS) is 28.0. The molecular weight excluding hydrogens is 136 g/mol. The summed E-state index contributed by atoms with van der Waals surface area (Å²) in [6.45, 7) is 0. The van der Waals surface area contributed by atoms with Crippen LogP contribution in [0.4, 0.5) is 0 Å². The third kappa shape index (κ3) is 1.18. The summed E-state index contributed by atoms with van der Waals surface area (Å²) >= 11 is 0. The Kier molecular flexibility index (Phi) is 1.50. The molecule has 0 aliphatic heterocycles. The average Bonchev–Trinajstić information content (AvgIpc) is 2.85. The summed E-state index contributed by atoms with van der Waals surface area (Å²) in [4.78, 5) is 10.4. The molecule has 56 valence electrons. The number of benzene rings is 1. The van der Waals surface area contributed by atoms with E-state index in [9.17, 15) is 4.79 Å². The van der Waals surface area contributed by atoms with E-state index in [0.717, 1.165) is 12.7 Å². The van der Waals surface area contributed by atoms with Gasteiger partial charge in [0.05, 0.1) is 0 Å². The fourth-order valence-electron chi connectivity index (χ4n) is 1.45. The molecule has 1 fully saturated rings. The number of carbonyl (C=O) groups excluding carboxylic acids is 1. The van der Waals surface area contributed by atoms with E-state index >= 15 is 0 Å². The molecule has 0 radical (unpaired) electrons. The van der Waals surface area contributed by atoms with E-state index in [1.165, 1.54) is 5.56 Å². The van der Waals surface area contributed by atoms with Crippen LogP contribution in [-0.2, 0) is 4.79 Å². The Labute approximate surface area is 66.0 Å². The second-order valence-corrected chi connectivity index (χ2v) is 3.05. The van der Waals surface area contributed by atoms with Crippen LogP contribution in [0.1, 0.15) is 17.9 Å². The summed E-state index contributed by atoms with van der Waals surface area (Å²) in [5.41, 5.74) is 1.31. The van der Waals surface area contributed by atoms with E-state index in [1.54, 1.807) is 0 Å². The molecule has 1 heteroatoms. The van der Waals surface area contributed by atoms with Gasteiger partial charge in [0.1, 0.15) is 6.29 Å². The Hall–Kier alpha value is -1.11. The molecule has 0 heterocycles. The van der Waals surface area contributed by atoms with Crippen LogP contribution in [0.2, 0.25) is 0 Å². The van der Waals surface area contributed by atoms with Crippen LogP contribution in [0, 0.1) is 5.92 Å². The fraction of sp³-hybridized carbons (Fsp3) is 0.300. The minimum Gasteiger partial charge on any atom is -0.303 e. The van der Waals surface area contributed by atoms with Crippen molar-refractivity contribution in [2.24, 2.45) is 5.92 Å². The van der Waals surface area contributed by atoms with Crippen molar-refractivity contribution in [3.63, 3.8) is 0 Å². The fourth-order valence-corrected chi connectivity index (χ4v) is 1.45. The van der Waals surface area contributed by atoms with Crippen molar-refractivity contribution in [3.8, 4) is 0 Å². The predicted octanol–water partition coefficient (Wildman–Crippen LogP) is 1.99. The summed E-state index contributed by atoms with van der Waals surface area (Å²) < 4.78 is 0. The van der Waals surface area contributed by atoms with Gasteiger partial charge in [-0.15, -0.1) is 0 Å². The molecule has 2 rings (SSSR count). The predicted molar refractivity (Wildman–Crippen MR) is 43.4 cm³/mol. The quantitative estimate of drug-likeness (QED) is 0.583. The van der Waals surface area contributed by atoms with Crippen molar-refractivity contribution < 1.29 is 4.79 Å². The van der Waals surface area contributed by atoms with Gasteiger partial charge in [0.25, 0.3) is 0 Å². The highest BCUT2D eigenvalue weighted by Crippen LogP contribution is 2.45. The number of rotatable bonds is 2. The smallest absolute Gasteiger partial charge is 0.123 e. The van der Waals surface area contributed by atoms with Gasteiger partial charge in [-0.1, -0.05) is 30.3 Å². The Morgan fingerprint density at radius 1 is 1.27 bits per heavy atom. The first-order chi connectivity index (χ1) is 5.42. The zero-order valence-corrected chi connectivity index (χ0v) is 6.23. The van der Waals surface area contributed by atoms with Crippen LogP contribution >= 0.6 is 0 Å². The van der Waals surface area contributed by atoms with Gasteiger partial charge in [0, 0.05) is 5.92 Å². The van der Waals surface area contributed by atoms with Crippen LogP contribution in [0.5, 0.6) is 0 Å². The molecular formula is C10H10O. The molecule has 1 aliphatic carbocycles. The Morgan fingerprint density at radius 3 is 2.55 bits per heavy atom. The second kappa shape index (κ2) is 2.50. The van der Waals surface area contributed by atoms with Crippen molar-refractivity contribution in [2.45, 2.75) is 12.3 Å². The van der Waals surface area contributed by atoms with Crippen LogP contribution in [0.25, 0.3) is 0 Å². The standard InChI is InChI=1S/C10H10O/c11-7-9-6-10(9)8-4-2-1-3-5-8/h1-5,7,9-10H,6H2/t9-,10?/m0/s1. The lowest BCUT2D eigenvalue weighted by molar-refractivity contribution is -0.108. The van der Waals surface area contributed by atoms with Gasteiger partial charge in [0.15, 0.2) is 0 Å². The van der Waals surface area contributed by atoms with Gasteiger partial charge in [-0.25, -0.2) is 0 Å². The number of carbonyl (C=O) groups is 1. The first-order valence-corrected chi connectivity index (χ1v) is 3.92. The molecule has 2 atom stereocenters. The summed E-state index contributed by atoms with van der Waals surface area (Å²) in [6.07, 6.45) is 2.12. The third-order valence-corrected chi connectivity index (χ3v) is 2.24. The molecule has 1 aromatic rings. The topological polar surface area (TPSA) is 17.1 Å². The van der Waals surface area contributed by atoms with Gasteiger partial charge in [-0.05, 0) is 17.9 Å². The van der Waals surface area contributed by atoms with E-state index < -0.39 is 0 Å². The van der Waals surface area contributed by atoms with Crippen LogP contribution < -0.4 is 0 Å². The van der Waals surface area contributed by atoms with Crippen LogP contribution in [0.15, 0.2) is 30.3 Å². The minimum atomic E-state index is 0.303. The van der Waals surface area contributed by atoms with Crippen molar-refractivity contribution in [2.75, 3.05) is 0 Å². The Balaban J connectivity index is 2.14. The zero-order chi connectivity index (χ0) is 7.68. The number of hydrogen-bond acceptors (Lipinski definition) is 1. The number of aldehydes is 1. The molecule has 1 aromatic carbocycles. The van der Waals surface area contributed by atoms with Gasteiger partial charge in [-0.3, -0.25) is 0 Å². The van der Waals surface area contributed by atoms with Crippen molar-refractivity contribution in [1.82, 2.24) is 0 Å². The summed E-state index contributed by atoms with van der Waals surface area (Å²) in [7, 11) is 0. The van der Waals surface area contributed by atoms with Crippen molar-refractivity contribution >= 4 is 6.29 Å². The maximum absolute atomic E-state index is 10.4. The summed E-state index contributed by atoms with van der Waals surface area (Å²) in [5.74, 6) is 0.825. The molecule has 0 aromatic heterocycles. The maximum Gasteiger partial charge on any atom is 0.123 e. The Morgan fingerprint density at radius 2 is 2.00 bits per heavy atom. The highest BCUT2D eigenvalue weighted by atomic mass is 16.1. The highest BCUT2D eigenvalue weighted by Gasteiger charge is 2.37. The SMILES string of the molecule is O=C[C@@H]1CC1c1ccccc1. The van der Waals surface area contributed by atoms with Gasteiger partial charge < -0.3 is 4.79 Å². The van der Waals surface area contributed by atoms with Crippen LogP contribution in [0.3, 0.4) is 0 Å². The first-order valence-electron chi connectivity index (χ1n) is 3.92. The molecule has 1 unspecified atom stereocenters. The molecule has 1 aliphatic rings. The maximum atomic E-state index is 10.4. The van der Waals surface area contributed by atoms with E-state index in [1.807, 2.05) is 18.2 Å². The molecule has 0 saturated heterocycles. The zero-order valence-electron chi connectivity index (χ0n) is 6.23. The first kappa shape index (κ1) is 6.59. The average molecular weight is 146 g/mol. The third-order valence-electron chi connectivity index (χ3n) is 2.24. The van der Waals surface area contributed by atoms with Gasteiger partial charge in [0.2, 0.25) is 0 Å².